The van der Waals surface area contributed by atoms with Gasteiger partial charge < -0.3 is 10.3 Å². The van der Waals surface area contributed by atoms with Gasteiger partial charge in [0.05, 0.1) is 0 Å². The van der Waals surface area contributed by atoms with Crippen molar-refractivity contribution >= 4 is 22.6 Å². The fraction of sp³-hybridized carbons (Fsp3) is 0.227. The van der Waals surface area contributed by atoms with Crippen LogP contribution < -0.4 is 10.9 Å². The Balaban J connectivity index is 1.57. The number of ketones is 1. The fourth-order valence-corrected chi connectivity index (χ4v) is 2.89. The van der Waals surface area contributed by atoms with Gasteiger partial charge in [-0.25, -0.2) is 0 Å². The number of hydrogen-bond acceptors (Lipinski definition) is 3. The van der Waals surface area contributed by atoms with Gasteiger partial charge in [0.2, 0.25) is 5.91 Å². The third-order valence-electron chi connectivity index (χ3n) is 4.71. The van der Waals surface area contributed by atoms with Gasteiger partial charge in [0.25, 0.3) is 5.56 Å². The van der Waals surface area contributed by atoms with Crippen LogP contribution in [0.25, 0.3) is 10.9 Å². The molecule has 0 unspecified atom stereocenters. The van der Waals surface area contributed by atoms with E-state index >= 15 is 0 Å². The maximum atomic E-state index is 12.3. The van der Waals surface area contributed by atoms with E-state index in [1.807, 2.05) is 50.2 Å². The van der Waals surface area contributed by atoms with E-state index in [2.05, 4.69) is 10.3 Å². The second kappa shape index (κ2) is 7.99. The van der Waals surface area contributed by atoms with Gasteiger partial charge in [0.15, 0.2) is 5.78 Å². The summed E-state index contributed by atoms with van der Waals surface area (Å²) in [5, 5.41) is 3.63. The molecule has 0 bridgehead atoms. The molecule has 0 fully saturated rings. The topological polar surface area (TPSA) is 79.0 Å². The first-order chi connectivity index (χ1) is 12.9. The van der Waals surface area contributed by atoms with Gasteiger partial charge in [0, 0.05) is 36.0 Å². The van der Waals surface area contributed by atoms with E-state index in [0.29, 0.717) is 11.1 Å². The lowest BCUT2D eigenvalue weighted by molar-refractivity contribution is -0.121. The summed E-state index contributed by atoms with van der Waals surface area (Å²) in [6.45, 7) is 4.09. The molecule has 1 amide bonds. The van der Waals surface area contributed by atoms with Crippen LogP contribution in [0.5, 0.6) is 0 Å². The third kappa shape index (κ3) is 4.50. The van der Waals surface area contributed by atoms with Crippen molar-refractivity contribution < 1.29 is 9.59 Å². The fourth-order valence-electron chi connectivity index (χ4n) is 2.89. The number of amides is 1. The standard InChI is InChI=1S/C22H22N2O3/c1-14-7-8-17(11-15(14)2)20(25)9-10-21(26)23-13-18-12-16-5-3-4-6-19(16)24-22(18)27/h3-8,11-12H,9-10,13H2,1-2H3,(H,23,26)(H,24,27). The molecule has 0 atom stereocenters. The summed E-state index contributed by atoms with van der Waals surface area (Å²) >= 11 is 0. The van der Waals surface area contributed by atoms with Crippen molar-refractivity contribution in [1.82, 2.24) is 10.3 Å². The van der Waals surface area contributed by atoms with Gasteiger partial charge in [-0.15, -0.1) is 0 Å². The van der Waals surface area contributed by atoms with E-state index in [1.165, 1.54) is 0 Å². The summed E-state index contributed by atoms with van der Waals surface area (Å²) in [5.41, 5.74) is 3.84. The second-order valence-corrected chi connectivity index (χ2v) is 6.71. The number of nitrogens with one attached hydrogen (secondary N) is 2. The van der Waals surface area contributed by atoms with Crippen LogP contribution in [-0.4, -0.2) is 16.7 Å². The summed E-state index contributed by atoms with van der Waals surface area (Å²) in [4.78, 5) is 39.2. The highest BCUT2D eigenvalue weighted by Gasteiger charge is 2.11. The maximum absolute atomic E-state index is 12.3. The first-order valence-corrected chi connectivity index (χ1v) is 8.92. The lowest BCUT2D eigenvalue weighted by Crippen LogP contribution is -2.27. The molecule has 0 aliphatic heterocycles. The summed E-state index contributed by atoms with van der Waals surface area (Å²) in [5.74, 6) is -0.309. The molecule has 3 rings (SSSR count). The minimum absolute atomic E-state index is 0.0585. The highest BCUT2D eigenvalue weighted by atomic mass is 16.2. The van der Waals surface area contributed by atoms with Crippen molar-refractivity contribution in [2.24, 2.45) is 0 Å². The molecule has 0 saturated heterocycles. The Morgan fingerprint density at radius 1 is 0.963 bits per heavy atom. The van der Waals surface area contributed by atoms with E-state index in [0.717, 1.165) is 22.0 Å². The number of para-hydroxylation sites is 1. The molecule has 0 aliphatic rings. The first kappa shape index (κ1) is 18.6. The van der Waals surface area contributed by atoms with Gasteiger partial charge in [-0.1, -0.05) is 30.3 Å². The molecular weight excluding hydrogens is 340 g/mol. The molecule has 0 aliphatic carbocycles. The number of pyridine rings is 1. The van der Waals surface area contributed by atoms with Gasteiger partial charge in [-0.05, 0) is 48.6 Å². The van der Waals surface area contributed by atoms with Crippen LogP contribution in [0.15, 0.2) is 53.3 Å². The van der Waals surface area contributed by atoms with Crippen LogP contribution >= 0.6 is 0 Å². The number of carbonyl (C=O) groups excluding carboxylic acids is 2. The Kier molecular flexibility index (Phi) is 5.50. The average molecular weight is 362 g/mol. The molecule has 2 N–H and O–H groups in total. The van der Waals surface area contributed by atoms with Gasteiger partial charge >= 0.3 is 0 Å². The number of aromatic nitrogens is 1. The largest absolute Gasteiger partial charge is 0.352 e. The summed E-state index contributed by atoms with van der Waals surface area (Å²) in [7, 11) is 0. The molecule has 5 heteroatoms. The lowest BCUT2D eigenvalue weighted by Gasteiger charge is -2.07. The number of hydrogen-bond donors (Lipinski definition) is 2. The van der Waals surface area contributed by atoms with Crippen LogP contribution in [0, 0.1) is 13.8 Å². The zero-order valence-electron chi connectivity index (χ0n) is 15.5. The molecule has 1 heterocycles. The number of aryl methyl sites for hydroxylation is 2. The van der Waals surface area contributed by atoms with Gasteiger partial charge in [-0.2, -0.15) is 0 Å². The number of rotatable bonds is 6. The second-order valence-electron chi connectivity index (χ2n) is 6.71. The van der Waals surface area contributed by atoms with Crippen LogP contribution in [0.4, 0.5) is 0 Å². The molecule has 138 valence electrons. The molecule has 3 aromatic rings. The predicted octanol–water partition coefficient (Wildman–Crippen LogP) is 3.42. The highest BCUT2D eigenvalue weighted by Crippen LogP contribution is 2.13. The van der Waals surface area contributed by atoms with E-state index in [1.54, 1.807) is 12.1 Å². The lowest BCUT2D eigenvalue weighted by atomic mass is 10.0. The van der Waals surface area contributed by atoms with E-state index in [9.17, 15) is 14.4 Å². The first-order valence-electron chi connectivity index (χ1n) is 8.92. The summed E-state index contributed by atoms with van der Waals surface area (Å²) in [6.07, 6.45) is 0.236. The Labute approximate surface area is 157 Å². The Morgan fingerprint density at radius 2 is 1.74 bits per heavy atom. The Bertz CT molecular complexity index is 1070. The highest BCUT2D eigenvalue weighted by molar-refractivity contribution is 5.98. The van der Waals surface area contributed by atoms with Crippen molar-refractivity contribution in [1.29, 1.82) is 0 Å². The monoisotopic (exact) mass is 362 g/mol. The van der Waals surface area contributed by atoms with Crippen molar-refractivity contribution in [3.8, 4) is 0 Å². The van der Waals surface area contributed by atoms with Gasteiger partial charge in [0.1, 0.15) is 0 Å². The molecule has 0 radical (unpaired) electrons. The number of H-pyrrole nitrogens is 1. The molecule has 2 aromatic carbocycles. The maximum Gasteiger partial charge on any atom is 0.253 e. The Hall–Kier alpha value is -3.21. The number of carbonyl (C=O) groups is 2. The van der Waals surface area contributed by atoms with E-state index in [-0.39, 0.29) is 36.6 Å². The minimum atomic E-state index is -0.250. The van der Waals surface area contributed by atoms with Crippen molar-refractivity contribution in [3.05, 3.63) is 81.1 Å². The molecule has 27 heavy (non-hydrogen) atoms. The van der Waals surface area contributed by atoms with Crippen molar-refractivity contribution in [2.75, 3.05) is 0 Å². The number of Topliss-reactive ketones (excluding diaryl/α,β-unsaturated/α-hetero) is 1. The minimum Gasteiger partial charge on any atom is -0.352 e. The van der Waals surface area contributed by atoms with E-state index < -0.39 is 0 Å². The Morgan fingerprint density at radius 3 is 2.52 bits per heavy atom. The smallest absolute Gasteiger partial charge is 0.253 e. The van der Waals surface area contributed by atoms with Crippen LogP contribution in [0.2, 0.25) is 0 Å². The average Bonchev–Trinajstić information content (AvgIpc) is 2.66. The van der Waals surface area contributed by atoms with E-state index in [4.69, 9.17) is 0 Å². The number of benzene rings is 2. The normalized spacial score (nSPS) is 10.7. The predicted molar refractivity (Wildman–Crippen MR) is 106 cm³/mol. The van der Waals surface area contributed by atoms with Crippen LogP contribution in [-0.2, 0) is 11.3 Å². The third-order valence-corrected chi connectivity index (χ3v) is 4.71. The van der Waals surface area contributed by atoms with Crippen molar-refractivity contribution in [3.63, 3.8) is 0 Å². The molecule has 0 spiro atoms. The van der Waals surface area contributed by atoms with Crippen molar-refractivity contribution in [2.45, 2.75) is 33.2 Å². The molecule has 5 nitrogen and oxygen atoms in total. The summed E-state index contributed by atoms with van der Waals surface area (Å²) in [6, 6.07) is 14.8. The SMILES string of the molecule is Cc1ccc(C(=O)CCC(=O)NCc2cc3ccccc3[nH]c2=O)cc1C. The van der Waals surface area contributed by atoms with Gasteiger partial charge in [-0.3, -0.25) is 14.4 Å². The molecular formula is C22H22N2O3. The number of aromatic amines is 1. The van der Waals surface area contributed by atoms with Crippen LogP contribution in [0.1, 0.15) is 39.9 Å². The molecule has 1 aromatic heterocycles. The van der Waals surface area contributed by atoms with Crippen LogP contribution in [0.3, 0.4) is 0 Å². The quantitative estimate of drug-likeness (QED) is 0.660. The number of fused-ring (bicyclic) bond motifs is 1. The summed E-state index contributed by atoms with van der Waals surface area (Å²) < 4.78 is 0. The zero-order chi connectivity index (χ0) is 19.4. The zero-order valence-corrected chi connectivity index (χ0v) is 15.5. The molecule has 0 saturated carbocycles.